The van der Waals surface area contributed by atoms with Crippen molar-refractivity contribution in [2.75, 3.05) is 13.2 Å². The van der Waals surface area contributed by atoms with E-state index in [1.165, 1.54) is 0 Å². The molecule has 1 fully saturated rings. The summed E-state index contributed by atoms with van der Waals surface area (Å²) in [7, 11) is 0. The van der Waals surface area contributed by atoms with Gasteiger partial charge in [0, 0.05) is 19.6 Å². The summed E-state index contributed by atoms with van der Waals surface area (Å²) < 4.78 is 5.41. The molecule has 0 spiro atoms. The van der Waals surface area contributed by atoms with E-state index in [0.29, 0.717) is 19.6 Å². The molecule has 0 aromatic carbocycles. The van der Waals surface area contributed by atoms with Gasteiger partial charge in [-0.15, -0.1) is 0 Å². The fraction of sp³-hybridized carbons (Fsp3) is 0.875. The van der Waals surface area contributed by atoms with E-state index in [2.05, 4.69) is 26.1 Å². The van der Waals surface area contributed by atoms with Gasteiger partial charge in [0.15, 0.2) is 0 Å². The summed E-state index contributed by atoms with van der Waals surface area (Å²) in [6, 6.07) is 0. The summed E-state index contributed by atoms with van der Waals surface area (Å²) in [5, 5.41) is 11.8. The highest BCUT2D eigenvalue weighted by molar-refractivity contribution is 5.79. The predicted octanol–water partition coefficient (Wildman–Crippen LogP) is 2.44. The van der Waals surface area contributed by atoms with Crippen molar-refractivity contribution in [3.05, 3.63) is 0 Å². The Morgan fingerprint density at radius 1 is 1.33 bits per heavy atom. The zero-order valence-electron chi connectivity index (χ0n) is 13.6. The molecule has 0 aliphatic carbocycles. The number of rotatable bonds is 7. The Bertz CT molecular complexity index is 362. The van der Waals surface area contributed by atoms with Crippen LogP contribution in [0.1, 0.15) is 53.4 Å². The van der Waals surface area contributed by atoms with Gasteiger partial charge in [-0.05, 0) is 37.5 Å². The molecule has 3 unspecified atom stereocenters. The number of carboxylic acids is 1. The van der Waals surface area contributed by atoms with Gasteiger partial charge < -0.3 is 15.2 Å². The molecule has 0 aromatic heterocycles. The molecule has 1 heterocycles. The Kier molecular flexibility index (Phi) is 6.65. The van der Waals surface area contributed by atoms with Crippen molar-refractivity contribution in [1.29, 1.82) is 0 Å². The van der Waals surface area contributed by atoms with Crippen LogP contribution in [0.4, 0.5) is 0 Å². The zero-order chi connectivity index (χ0) is 16.0. The number of amides is 1. The van der Waals surface area contributed by atoms with Crippen molar-refractivity contribution in [3.8, 4) is 0 Å². The van der Waals surface area contributed by atoms with Gasteiger partial charge in [-0.3, -0.25) is 9.59 Å². The highest BCUT2D eigenvalue weighted by atomic mass is 16.5. The van der Waals surface area contributed by atoms with Crippen molar-refractivity contribution < 1.29 is 19.4 Å². The first kappa shape index (κ1) is 18.0. The maximum atomic E-state index is 12.1. The van der Waals surface area contributed by atoms with E-state index in [1.807, 2.05) is 6.92 Å². The van der Waals surface area contributed by atoms with Crippen LogP contribution in [0.15, 0.2) is 0 Å². The zero-order valence-corrected chi connectivity index (χ0v) is 13.6. The Morgan fingerprint density at radius 2 is 2.00 bits per heavy atom. The summed E-state index contributed by atoms with van der Waals surface area (Å²) in [6.45, 7) is 9.55. The first-order valence-corrected chi connectivity index (χ1v) is 7.83. The van der Waals surface area contributed by atoms with Crippen molar-refractivity contribution in [2.45, 2.75) is 59.5 Å². The third-order valence-electron chi connectivity index (χ3n) is 4.44. The summed E-state index contributed by atoms with van der Waals surface area (Å²) in [5.74, 6) is -0.459. The fourth-order valence-electron chi connectivity index (χ4n) is 2.88. The second-order valence-corrected chi connectivity index (χ2v) is 7.05. The van der Waals surface area contributed by atoms with E-state index < -0.39 is 5.97 Å². The minimum Gasteiger partial charge on any atom is -0.481 e. The van der Waals surface area contributed by atoms with Crippen LogP contribution in [-0.4, -0.2) is 36.2 Å². The number of carbonyl (C=O) groups is 2. The van der Waals surface area contributed by atoms with E-state index in [9.17, 15) is 9.59 Å². The third kappa shape index (κ3) is 6.04. The number of aliphatic carboxylic acids is 1. The first-order chi connectivity index (χ1) is 9.71. The Balaban J connectivity index is 2.38. The van der Waals surface area contributed by atoms with Crippen LogP contribution in [0.25, 0.3) is 0 Å². The minimum absolute atomic E-state index is 0.00424. The smallest absolute Gasteiger partial charge is 0.303 e. The molecule has 1 rings (SSSR count). The van der Waals surface area contributed by atoms with E-state index in [1.54, 1.807) is 0 Å². The summed E-state index contributed by atoms with van der Waals surface area (Å²) in [5.41, 5.74) is 0.0456. The molecular formula is C16H29NO4. The lowest BCUT2D eigenvalue weighted by molar-refractivity contribution is -0.137. The maximum Gasteiger partial charge on any atom is 0.303 e. The molecule has 0 saturated carbocycles. The predicted molar refractivity (Wildman–Crippen MR) is 81.0 cm³/mol. The van der Waals surface area contributed by atoms with Crippen molar-refractivity contribution in [3.63, 3.8) is 0 Å². The first-order valence-electron chi connectivity index (χ1n) is 7.83. The molecule has 2 N–H and O–H groups in total. The van der Waals surface area contributed by atoms with Gasteiger partial charge in [0.2, 0.25) is 5.91 Å². The minimum atomic E-state index is -0.759. The average Bonchev–Trinajstić information content (AvgIpc) is 2.77. The Morgan fingerprint density at radius 3 is 2.48 bits per heavy atom. The summed E-state index contributed by atoms with van der Waals surface area (Å²) in [6.07, 6.45) is 2.43. The van der Waals surface area contributed by atoms with Gasteiger partial charge in [0.05, 0.1) is 12.0 Å². The molecule has 1 aliphatic rings. The van der Waals surface area contributed by atoms with Gasteiger partial charge in [0.25, 0.3) is 0 Å². The van der Waals surface area contributed by atoms with Crippen LogP contribution >= 0.6 is 0 Å². The summed E-state index contributed by atoms with van der Waals surface area (Å²) in [4.78, 5) is 22.8. The standard InChI is InChI=1S/C16H29NO4/c1-11-13(8-10-21-11)15(20)17-9-7-12(16(2,3)4)5-6-14(18)19/h11-13H,5-10H2,1-4H3,(H,17,20)(H,18,19). The van der Waals surface area contributed by atoms with E-state index in [4.69, 9.17) is 9.84 Å². The number of carboxylic acid groups (broad SMARTS) is 1. The SMILES string of the molecule is CC1OCCC1C(=O)NCCC(CCC(=O)O)C(C)(C)C. The largest absolute Gasteiger partial charge is 0.481 e. The van der Waals surface area contributed by atoms with Crippen LogP contribution in [0.5, 0.6) is 0 Å². The van der Waals surface area contributed by atoms with Crippen LogP contribution in [0.2, 0.25) is 0 Å². The third-order valence-corrected chi connectivity index (χ3v) is 4.44. The van der Waals surface area contributed by atoms with Crippen molar-refractivity contribution >= 4 is 11.9 Å². The van der Waals surface area contributed by atoms with Crippen molar-refractivity contribution in [2.24, 2.45) is 17.3 Å². The van der Waals surface area contributed by atoms with Crippen molar-refractivity contribution in [1.82, 2.24) is 5.32 Å². The molecule has 1 aliphatic heterocycles. The fourth-order valence-corrected chi connectivity index (χ4v) is 2.88. The quantitative estimate of drug-likeness (QED) is 0.757. The van der Waals surface area contributed by atoms with Crippen LogP contribution in [0, 0.1) is 17.3 Å². The van der Waals surface area contributed by atoms with Gasteiger partial charge in [-0.1, -0.05) is 20.8 Å². The number of nitrogens with one attached hydrogen (secondary N) is 1. The second kappa shape index (κ2) is 7.78. The topological polar surface area (TPSA) is 75.6 Å². The summed E-state index contributed by atoms with van der Waals surface area (Å²) >= 11 is 0. The van der Waals surface area contributed by atoms with E-state index >= 15 is 0 Å². The van der Waals surface area contributed by atoms with Crippen LogP contribution in [-0.2, 0) is 14.3 Å². The molecule has 5 nitrogen and oxygen atoms in total. The maximum absolute atomic E-state index is 12.1. The molecular weight excluding hydrogens is 270 g/mol. The van der Waals surface area contributed by atoms with Crippen LogP contribution in [0.3, 0.4) is 0 Å². The monoisotopic (exact) mass is 299 g/mol. The number of hydrogen-bond donors (Lipinski definition) is 2. The highest BCUT2D eigenvalue weighted by Crippen LogP contribution is 2.32. The average molecular weight is 299 g/mol. The molecule has 0 aromatic rings. The van der Waals surface area contributed by atoms with E-state index in [-0.39, 0.29) is 35.7 Å². The molecule has 1 saturated heterocycles. The second-order valence-electron chi connectivity index (χ2n) is 7.05. The number of ether oxygens (including phenoxy) is 1. The lowest BCUT2D eigenvalue weighted by Crippen LogP contribution is -2.36. The van der Waals surface area contributed by atoms with Gasteiger partial charge >= 0.3 is 5.97 Å². The molecule has 122 valence electrons. The molecule has 0 bridgehead atoms. The normalized spacial score (nSPS) is 23.8. The molecule has 3 atom stereocenters. The highest BCUT2D eigenvalue weighted by Gasteiger charge is 2.31. The molecule has 0 radical (unpaired) electrons. The van der Waals surface area contributed by atoms with Gasteiger partial charge in [-0.2, -0.15) is 0 Å². The Labute approximate surface area is 127 Å². The number of carbonyl (C=O) groups excluding carboxylic acids is 1. The van der Waals surface area contributed by atoms with Crippen LogP contribution < -0.4 is 5.32 Å². The van der Waals surface area contributed by atoms with E-state index in [0.717, 1.165) is 12.8 Å². The lowest BCUT2D eigenvalue weighted by atomic mass is 9.76. The Hall–Kier alpha value is -1.10. The lowest BCUT2D eigenvalue weighted by Gasteiger charge is -2.30. The number of hydrogen-bond acceptors (Lipinski definition) is 3. The van der Waals surface area contributed by atoms with Gasteiger partial charge in [-0.25, -0.2) is 0 Å². The molecule has 1 amide bonds. The molecule has 21 heavy (non-hydrogen) atoms. The van der Waals surface area contributed by atoms with Gasteiger partial charge in [0.1, 0.15) is 0 Å². The molecule has 5 heteroatoms.